The zero-order chi connectivity index (χ0) is 12.7. The normalized spacial score (nSPS) is 11.1. The number of aryl methyl sites for hydroxylation is 1. The number of benzene rings is 1. The lowest BCUT2D eigenvalue weighted by atomic mass is 10.1. The molecule has 2 N–H and O–H groups in total. The lowest BCUT2D eigenvalue weighted by molar-refractivity contribution is 0.187. The minimum Gasteiger partial charge on any atom is -0.508 e. The molecule has 17 heavy (non-hydrogen) atoms. The lowest BCUT2D eigenvalue weighted by Gasteiger charge is -2.21. The maximum atomic E-state index is 9.79. The van der Waals surface area contributed by atoms with E-state index in [1.165, 1.54) is 0 Å². The Labute approximate surface area is 104 Å². The van der Waals surface area contributed by atoms with Gasteiger partial charge in [0.05, 0.1) is 6.61 Å². The largest absolute Gasteiger partial charge is 0.508 e. The Morgan fingerprint density at radius 2 is 2.00 bits per heavy atom. The molecule has 0 fully saturated rings. The highest BCUT2D eigenvalue weighted by Crippen LogP contribution is 2.20. The van der Waals surface area contributed by atoms with Crippen molar-refractivity contribution in [3.8, 4) is 5.75 Å². The van der Waals surface area contributed by atoms with Crippen molar-refractivity contribution in [2.75, 3.05) is 19.7 Å². The minimum absolute atomic E-state index is 0.163. The van der Waals surface area contributed by atoms with Gasteiger partial charge in [-0.3, -0.25) is 4.90 Å². The van der Waals surface area contributed by atoms with E-state index in [4.69, 9.17) is 5.11 Å². The molecule has 1 aromatic carbocycles. The fourth-order valence-electron chi connectivity index (χ4n) is 1.87. The summed E-state index contributed by atoms with van der Waals surface area (Å²) in [6.45, 7) is 6.66. The van der Waals surface area contributed by atoms with Crippen LogP contribution in [0.1, 0.15) is 30.9 Å². The smallest absolute Gasteiger partial charge is 0.120 e. The number of rotatable bonds is 7. The first-order valence-corrected chi connectivity index (χ1v) is 6.29. The predicted molar refractivity (Wildman–Crippen MR) is 70.1 cm³/mol. The zero-order valence-electron chi connectivity index (χ0n) is 10.8. The Balaban J connectivity index is 2.67. The highest BCUT2D eigenvalue weighted by molar-refractivity contribution is 5.35. The van der Waals surface area contributed by atoms with Crippen LogP contribution in [0.15, 0.2) is 18.2 Å². The van der Waals surface area contributed by atoms with E-state index >= 15 is 0 Å². The van der Waals surface area contributed by atoms with Crippen molar-refractivity contribution >= 4 is 0 Å². The molecule has 1 aromatic rings. The van der Waals surface area contributed by atoms with Gasteiger partial charge in [0.15, 0.2) is 0 Å². The molecule has 0 spiro atoms. The summed E-state index contributed by atoms with van der Waals surface area (Å²) in [5, 5.41) is 18.8. The lowest BCUT2D eigenvalue weighted by Crippen LogP contribution is -2.27. The zero-order valence-corrected chi connectivity index (χ0v) is 10.8. The molecule has 0 aliphatic carbocycles. The van der Waals surface area contributed by atoms with Crippen LogP contribution in [0.25, 0.3) is 0 Å². The van der Waals surface area contributed by atoms with E-state index in [0.717, 1.165) is 30.5 Å². The van der Waals surface area contributed by atoms with E-state index in [0.29, 0.717) is 18.8 Å². The Bertz CT molecular complexity index is 339. The third kappa shape index (κ3) is 4.75. The number of aromatic hydroxyl groups is 1. The fraction of sp³-hybridized carbons (Fsp3) is 0.571. The van der Waals surface area contributed by atoms with Crippen molar-refractivity contribution in [1.29, 1.82) is 0 Å². The predicted octanol–water partition coefficient (Wildman–Crippen LogP) is 2.30. The van der Waals surface area contributed by atoms with E-state index in [1.54, 1.807) is 6.07 Å². The summed E-state index contributed by atoms with van der Waals surface area (Å²) in [4.78, 5) is 2.18. The first-order valence-electron chi connectivity index (χ1n) is 6.29. The molecule has 3 heteroatoms. The second kappa shape index (κ2) is 7.30. The molecule has 0 amide bonds. The van der Waals surface area contributed by atoms with Crippen LogP contribution in [-0.4, -0.2) is 34.8 Å². The number of hydrogen-bond donors (Lipinski definition) is 2. The Kier molecular flexibility index (Phi) is 6.01. The molecule has 0 aromatic heterocycles. The van der Waals surface area contributed by atoms with Crippen LogP contribution in [-0.2, 0) is 6.54 Å². The van der Waals surface area contributed by atoms with E-state index in [2.05, 4.69) is 11.8 Å². The molecule has 96 valence electrons. The number of aliphatic hydroxyl groups is 1. The summed E-state index contributed by atoms with van der Waals surface area (Å²) in [7, 11) is 0. The van der Waals surface area contributed by atoms with Crippen molar-refractivity contribution in [2.24, 2.45) is 0 Å². The Morgan fingerprint density at radius 1 is 1.24 bits per heavy atom. The van der Waals surface area contributed by atoms with E-state index in [1.807, 2.05) is 19.1 Å². The topological polar surface area (TPSA) is 43.7 Å². The minimum atomic E-state index is 0.163. The number of unbranched alkanes of at least 4 members (excludes halogenated alkanes) is 1. The molecule has 0 unspecified atom stereocenters. The molecule has 0 atom stereocenters. The van der Waals surface area contributed by atoms with Crippen LogP contribution in [0.5, 0.6) is 5.75 Å². The fourth-order valence-corrected chi connectivity index (χ4v) is 1.87. The summed E-state index contributed by atoms with van der Waals surface area (Å²) in [5.41, 5.74) is 2.09. The van der Waals surface area contributed by atoms with Gasteiger partial charge in [0.1, 0.15) is 5.75 Å². The van der Waals surface area contributed by atoms with Crippen LogP contribution < -0.4 is 0 Å². The van der Waals surface area contributed by atoms with Gasteiger partial charge in [0.2, 0.25) is 0 Å². The quantitative estimate of drug-likeness (QED) is 0.764. The van der Waals surface area contributed by atoms with Crippen molar-refractivity contribution in [1.82, 2.24) is 4.90 Å². The number of hydrogen-bond acceptors (Lipinski definition) is 3. The average Bonchev–Trinajstić information content (AvgIpc) is 2.31. The number of phenols is 1. The van der Waals surface area contributed by atoms with Crippen LogP contribution in [0, 0.1) is 6.92 Å². The summed E-state index contributed by atoms with van der Waals surface area (Å²) >= 11 is 0. The first kappa shape index (κ1) is 14.0. The molecular weight excluding hydrogens is 214 g/mol. The van der Waals surface area contributed by atoms with Gasteiger partial charge in [-0.15, -0.1) is 0 Å². The molecule has 1 rings (SSSR count). The van der Waals surface area contributed by atoms with Crippen LogP contribution in [0.3, 0.4) is 0 Å². The Hall–Kier alpha value is -1.06. The number of nitrogens with zero attached hydrogens (tertiary/aromatic N) is 1. The second-order valence-electron chi connectivity index (χ2n) is 4.49. The van der Waals surface area contributed by atoms with Gasteiger partial charge < -0.3 is 10.2 Å². The van der Waals surface area contributed by atoms with Gasteiger partial charge in [-0.25, -0.2) is 0 Å². The van der Waals surface area contributed by atoms with Gasteiger partial charge >= 0.3 is 0 Å². The molecule has 0 saturated heterocycles. The summed E-state index contributed by atoms with van der Waals surface area (Å²) < 4.78 is 0. The van der Waals surface area contributed by atoms with Gasteiger partial charge in [-0.1, -0.05) is 31.0 Å². The third-order valence-electron chi connectivity index (χ3n) is 2.87. The van der Waals surface area contributed by atoms with Crippen molar-refractivity contribution in [2.45, 2.75) is 33.2 Å². The van der Waals surface area contributed by atoms with E-state index in [-0.39, 0.29) is 6.61 Å². The van der Waals surface area contributed by atoms with Gasteiger partial charge in [-0.05, 0) is 26.0 Å². The van der Waals surface area contributed by atoms with Crippen molar-refractivity contribution in [3.05, 3.63) is 29.3 Å². The molecule has 0 heterocycles. The number of aliphatic hydroxyl groups excluding tert-OH is 1. The highest BCUT2D eigenvalue weighted by Gasteiger charge is 2.08. The molecule has 0 radical (unpaired) electrons. The molecule has 0 aliphatic rings. The first-order chi connectivity index (χ1) is 8.17. The summed E-state index contributed by atoms with van der Waals surface area (Å²) in [6, 6.07) is 5.65. The van der Waals surface area contributed by atoms with Crippen LogP contribution in [0.4, 0.5) is 0 Å². The molecule has 0 saturated carbocycles. The van der Waals surface area contributed by atoms with Crippen molar-refractivity contribution in [3.63, 3.8) is 0 Å². The standard InChI is InChI=1S/C14H23NO2/c1-3-4-7-15(8-9-16)11-13-10-12(2)5-6-14(13)17/h5-6,10,16-17H,3-4,7-9,11H2,1-2H3. The maximum Gasteiger partial charge on any atom is 0.120 e. The average molecular weight is 237 g/mol. The van der Waals surface area contributed by atoms with Gasteiger partial charge in [0.25, 0.3) is 0 Å². The van der Waals surface area contributed by atoms with E-state index in [9.17, 15) is 5.11 Å². The molecular formula is C14H23NO2. The second-order valence-corrected chi connectivity index (χ2v) is 4.49. The molecule has 0 aliphatic heterocycles. The molecule has 0 bridgehead atoms. The highest BCUT2D eigenvalue weighted by atomic mass is 16.3. The Morgan fingerprint density at radius 3 is 2.65 bits per heavy atom. The van der Waals surface area contributed by atoms with Gasteiger partial charge in [-0.2, -0.15) is 0 Å². The number of phenolic OH excluding ortho intramolecular Hbond substituents is 1. The van der Waals surface area contributed by atoms with Crippen molar-refractivity contribution < 1.29 is 10.2 Å². The monoisotopic (exact) mass is 237 g/mol. The summed E-state index contributed by atoms with van der Waals surface area (Å²) in [5.74, 6) is 0.343. The SMILES string of the molecule is CCCCN(CCO)Cc1cc(C)ccc1O. The molecule has 3 nitrogen and oxygen atoms in total. The summed E-state index contributed by atoms with van der Waals surface area (Å²) in [6.07, 6.45) is 2.26. The van der Waals surface area contributed by atoms with Crippen LogP contribution >= 0.6 is 0 Å². The van der Waals surface area contributed by atoms with Gasteiger partial charge in [0, 0.05) is 18.7 Å². The maximum absolute atomic E-state index is 9.79. The third-order valence-corrected chi connectivity index (χ3v) is 2.87. The van der Waals surface area contributed by atoms with Crippen LogP contribution in [0.2, 0.25) is 0 Å². The van der Waals surface area contributed by atoms with E-state index < -0.39 is 0 Å².